The molecule has 0 aromatic heterocycles. The number of esters is 1. The number of methoxy groups -OCH3 is 1. The topological polar surface area (TPSA) is 60.4 Å². The van der Waals surface area contributed by atoms with Gasteiger partial charge >= 0.3 is 5.97 Å². The first-order chi connectivity index (χ1) is 9.92. The normalized spacial score (nSPS) is 11.1. The lowest BCUT2D eigenvalue weighted by atomic mass is 10.1. The molecule has 0 aliphatic carbocycles. The molecule has 6 heteroatoms. The summed E-state index contributed by atoms with van der Waals surface area (Å²) in [6.07, 6.45) is 0. The fraction of sp³-hybridized carbons (Fsp3) is 0.133. The molecule has 4 nitrogen and oxygen atoms in total. The Kier molecular flexibility index (Phi) is 4.80. The van der Waals surface area contributed by atoms with Gasteiger partial charge in [-0.3, -0.25) is 0 Å². The first kappa shape index (κ1) is 15.7. The molecular formula is C15H13BrO4S. The van der Waals surface area contributed by atoms with Crippen LogP contribution in [0, 0.1) is 0 Å². The Morgan fingerprint density at radius 3 is 2.38 bits per heavy atom. The predicted octanol–water partition coefficient (Wildman–Crippen LogP) is 3.21. The summed E-state index contributed by atoms with van der Waals surface area (Å²) >= 11 is 3.26. The molecular weight excluding hydrogens is 356 g/mol. The quantitative estimate of drug-likeness (QED) is 0.777. The highest BCUT2D eigenvalue weighted by atomic mass is 79.9. The molecule has 0 N–H and O–H groups in total. The van der Waals surface area contributed by atoms with Crippen molar-refractivity contribution in [1.82, 2.24) is 0 Å². The van der Waals surface area contributed by atoms with E-state index >= 15 is 0 Å². The number of hydrogen-bond acceptors (Lipinski definition) is 4. The second-order valence-corrected chi connectivity index (χ2v) is 7.31. The van der Waals surface area contributed by atoms with Gasteiger partial charge in [-0.15, -0.1) is 0 Å². The lowest BCUT2D eigenvalue weighted by molar-refractivity contribution is 0.0600. The molecule has 0 aliphatic rings. The molecule has 21 heavy (non-hydrogen) atoms. The molecule has 0 radical (unpaired) electrons. The summed E-state index contributed by atoms with van der Waals surface area (Å²) in [5.74, 6) is -0.568. The standard InChI is InChI=1S/C15H13BrO4S/c1-20-15(17)12-7-5-11(6-8-12)10-21(18,19)14-4-2-3-13(16)9-14/h2-9H,10H2,1H3. The van der Waals surface area contributed by atoms with Gasteiger partial charge in [0, 0.05) is 4.47 Å². The van der Waals surface area contributed by atoms with Gasteiger partial charge in [0.25, 0.3) is 0 Å². The van der Waals surface area contributed by atoms with E-state index in [9.17, 15) is 13.2 Å². The zero-order chi connectivity index (χ0) is 15.5. The van der Waals surface area contributed by atoms with E-state index in [4.69, 9.17) is 0 Å². The van der Waals surface area contributed by atoms with E-state index in [0.717, 1.165) is 0 Å². The lowest BCUT2D eigenvalue weighted by Crippen LogP contribution is -2.06. The van der Waals surface area contributed by atoms with Gasteiger partial charge in [0.2, 0.25) is 0 Å². The summed E-state index contributed by atoms with van der Waals surface area (Å²) in [4.78, 5) is 11.6. The minimum absolute atomic E-state index is 0.120. The van der Waals surface area contributed by atoms with E-state index in [-0.39, 0.29) is 10.6 Å². The van der Waals surface area contributed by atoms with Gasteiger partial charge in [0.15, 0.2) is 9.84 Å². The Balaban J connectivity index is 2.23. The van der Waals surface area contributed by atoms with Crippen molar-refractivity contribution >= 4 is 31.7 Å². The summed E-state index contributed by atoms with van der Waals surface area (Å²) in [7, 11) is -2.12. The van der Waals surface area contributed by atoms with Crippen LogP contribution in [0.15, 0.2) is 57.9 Å². The molecule has 0 fully saturated rings. The van der Waals surface area contributed by atoms with Crippen LogP contribution in [0.4, 0.5) is 0 Å². The molecule has 0 atom stereocenters. The van der Waals surface area contributed by atoms with Gasteiger partial charge in [-0.25, -0.2) is 13.2 Å². The lowest BCUT2D eigenvalue weighted by Gasteiger charge is -2.06. The van der Waals surface area contributed by atoms with Gasteiger partial charge in [0.05, 0.1) is 23.3 Å². The summed E-state index contributed by atoms with van der Waals surface area (Å²) in [6, 6.07) is 12.9. The Labute approximate surface area is 131 Å². The maximum Gasteiger partial charge on any atom is 0.337 e. The molecule has 0 saturated heterocycles. The second-order valence-electron chi connectivity index (χ2n) is 4.40. The molecule has 0 spiro atoms. The third-order valence-corrected chi connectivity index (χ3v) is 5.07. The van der Waals surface area contributed by atoms with E-state index < -0.39 is 15.8 Å². The SMILES string of the molecule is COC(=O)c1ccc(CS(=O)(=O)c2cccc(Br)c2)cc1. The number of sulfone groups is 1. The number of rotatable bonds is 4. The van der Waals surface area contributed by atoms with Crippen LogP contribution < -0.4 is 0 Å². The molecule has 0 unspecified atom stereocenters. The van der Waals surface area contributed by atoms with Crippen LogP contribution in [0.3, 0.4) is 0 Å². The molecule has 2 aromatic rings. The molecule has 0 bridgehead atoms. The van der Waals surface area contributed by atoms with Gasteiger partial charge in [-0.1, -0.05) is 34.1 Å². The van der Waals surface area contributed by atoms with E-state index in [0.29, 0.717) is 15.6 Å². The maximum atomic E-state index is 12.3. The van der Waals surface area contributed by atoms with Crippen LogP contribution in [0.1, 0.15) is 15.9 Å². The van der Waals surface area contributed by atoms with E-state index in [1.807, 2.05) is 0 Å². The Morgan fingerprint density at radius 2 is 1.81 bits per heavy atom. The maximum absolute atomic E-state index is 12.3. The van der Waals surface area contributed by atoms with Crippen molar-refractivity contribution in [2.45, 2.75) is 10.6 Å². The first-order valence-corrected chi connectivity index (χ1v) is 8.52. The summed E-state index contributed by atoms with van der Waals surface area (Å²) in [5.41, 5.74) is 1.00. The Morgan fingerprint density at radius 1 is 1.14 bits per heavy atom. The zero-order valence-corrected chi connectivity index (χ0v) is 13.6. The van der Waals surface area contributed by atoms with Crippen molar-refractivity contribution in [2.75, 3.05) is 7.11 Å². The number of ether oxygens (including phenoxy) is 1. The molecule has 0 amide bonds. The highest BCUT2D eigenvalue weighted by Gasteiger charge is 2.16. The number of carbonyl (C=O) groups excluding carboxylic acids is 1. The predicted molar refractivity (Wildman–Crippen MR) is 82.8 cm³/mol. The van der Waals surface area contributed by atoms with Crippen LogP contribution in [0.25, 0.3) is 0 Å². The van der Waals surface area contributed by atoms with Crippen molar-refractivity contribution < 1.29 is 17.9 Å². The smallest absolute Gasteiger partial charge is 0.337 e. The Hall–Kier alpha value is -1.66. The van der Waals surface area contributed by atoms with Crippen LogP contribution in [-0.4, -0.2) is 21.5 Å². The fourth-order valence-corrected chi connectivity index (χ4v) is 3.76. The monoisotopic (exact) mass is 368 g/mol. The van der Waals surface area contributed by atoms with E-state index in [1.54, 1.807) is 48.5 Å². The number of carbonyl (C=O) groups is 1. The number of halogens is 1. The van der Waals surface area contributed by atoms with Crippen molar-refractivity contribution in [3.05, 3.63) is 64.1 Å². The van der Waals surface area contributed by atoms with Crippen LogP contribution in [0.5, 0.6) is 0 Å². The highest BCUT2D eigenvalue weighted by Crippen LogP contribution is 2.20. The van der Waals surface area contributed by atoms with Gasteiger partial charge in [-0.2, -0.15) is 0 Å². The largest absolute Gasteiger partial charge is 0.465 e. The fourth-order valence-electron chi connectivity index (χ4n) is 1.82. The summed E-state index contributed by atoms with van der Waals surface area (Å²) in [6.45, 7) is 0. The van der Waals surface area contributed by atoms with Gasteiger partial charge < -0.3 is 4.74 Å². The summed E-state index contributed by atoms with van der Waals surface area (Å²) < 4.78 is 29.9. The molecule has 2 rings (SSSR count). The Bertz CT molecular complexity index is 751. The van der Waals surface area contributed by atoms with Crippen LogP contribution >= 0.6 is 15.9 Å². The molecule has 0 aliphatic heterocycles. The van der Waals surface area contributed by atoms with E-state index in [1.165, 1.54) is 7.11 Å². The summed E-state index contributed by atoms with van der Waals surface area (Å²) in [5, 5.41) is 0. The van der Waals surface area contributed by atoms with Crippen molar-refractivity contribution in [3.63, 3.8) is 0 Å². The van der Waals surface area contributed by atoms with Crippen LogP contribution in [-0.2, 0) is 20.3 Å². The molecule has 0 heterocycles. The highest BCUT2D eigenvalue weighted by molar-refractivity contribution is 9.10. The number of hydrogen-bond donors (Lipinski definition) is 0. The molecule has 0 saturated carbocycles. The van der Waals surface area contributed by atoms with Crippen molar-refractivity contribution in [1.29, 1.82) is 0 Å². The minimum atomic E-state index is -3.42. The van der Waals surface area contributed by atoms with Crippen molar-refractivity contribution in [3.8, 4) is 0 Å². The zero-order valence-electron chi connectivity index (χ0n) is 11.2. The van der Waals surface area contributed by atoms with Gasteiger partial charge in [-0.05, 0) is 35.9 Å². The average Bonchev–Trinajstić information content (AvgIpc) is 2.47. The third-order valence-electron chi connectivity index (χ3n) is 2.89. The third kappa shape index (κ3) is 3.92. The van der Waals surface area contributed by atoms with E-state index in [2.05, 4.69) is 20.7 Å². The first-order valence-electron chi connectivity index (χ1n) is 6.08. The van der Waals surface area contributed by atoms with Crippen molar-refractivity contribution in [2.24, 2.45) is 0 Å². The second kappa shape index (κ2) is 6.41. The number of benzene rings is 2. The molecule has 2 aromatic carbocycles. The molecule has 110 valence electrons. The minimum Gasteiger partial charge on any atom is -0.465 e. The van der Waals surface area contributed by atoms with Crippen LogP contribution in [0.2, 0.25) is 0 Å². The van der Waals surface area contributed by atoms with Gasteiger partial charge in [0.1, 0.15) is 0 Å². The average molecular weight is 369 g/mol.